The molecule has 26 heavy (non-hydrogen) atoms. The summed E-state index contributed by atoms with van der Waals surface area (Å²) < 4.78 is 0. The maximum atomic E-state index is 12.9. The average molecular weight is 361 g/mol. The van der Waals surface area contributed by atoms with Gasteiger partial charge in [-0.25, -0.2) is 4.79 Å². The van der Waals surface area contributed by atoms with Crippen LogP contribution in [0.25, 0.3) is 0 Å². The fourth-order valence-electron chi connectivity index (χ4n) is 3.64. The number of amides is 3. The van der Waals surface area contributed by atoms with Gasteiger partial charge in [0.1, 0.15) is 5.54 Å². The van der Waals surface area contributed by atoms with Gasteiger partial charge in [-0.2, -0.15) is 0 Å². The van der Waals surface area contributed by atoms with Gasteiger partial charge in [-0.1, -0.05) is 12.8 Å². The van der Waals surface area contributed by atoms with E-state index in [9.17, 15) is 9.59 Å². The highest BCUT2D eigenvalue weighted by molar-refractivity contribution is 6.00. The molecule has 1 aromatic carbocycles. The number of hydrogen-bond donors (Lipinski definition) is 3. The molecule has 1 aliphatic carbocycles. The number of nitrogens with zero attached hydrogens (tertiary/aromatic N) is 1. The zero-order valence-corrected chi connectivity index (χ0v) is 16.4. The molecule has 0 aromatic heterocycles. The Morgan fingerprint density at radius 2 is 1.73 bits per heavy atom. The molecule has 3 N–H and O–H groups in total. The number of urea groups is 1. The third-order valence-electron chi connectivity index (χ3n) is 5.00. The molecule has 1 aromatic rings. The van der Waals surface area contributed by atoms with Crippen LogP contribution in [0.15, 0.2) is 24.3 Å². The van der Waals surface area contributed by atoms with Crippen molar-refractivity contribution in [2.45, 2.75) is 65.0 Å². The fourth-order valence-corrected chi connectivity index (χ4v) is 3.64. The highest BCUT2D eigenvalue weighted by Crippen LogP contribution is 2.31. The van der Waals surface area contributed by atoms with Crippen molar-refractivity contribution in [3.05, 3.63) is 24.3 Å². The highest BCUT2D eigenvalue weighted by Gasteiger charge is 2.42. The van der Waals surface area contributed by atoms with Crippen LogP contribution < -0.4 is 20.9 Å². The molecule has 0 spiro atoms. The molecular formula is C20H32N4O2. The molecule has 6 heteroatoms. The lowest BCUT2D eigenvalue weighted by Gasteiger charge is -2.29. The first-order valence-electron chi connectivity index (χ1n) is 9.66. The predicted molar refractivity (Wildman–Crippen MR) is 107 cm³/mol. The maximum Gasteiger partial charge on any atom is 0.315 e. The van der Waals surface area contributed by atoms with E-state index in [1.807, 2.05) is 31.2 Å². The first-order chi connectivity index (χ1) is 12.4. The quantitative estimate of drug-likeness (QED) is 0.697. The molecule has 3 amide bonds. The summed E-state index contributed by atoms with van der Waals surface area (Å²) in [5, 5.41) is 8.60. The van der Waals surface area contributed by atoms with Crippen LogP contribution >= 0.6 is 0 Å². The third kappa shape index (κ3) is 4.68. The monoisotopic (exact) mass is 360 g/mol. The molecule has 0 bridgehead atoms. The standard InChI is InChI=1S/C20H32N4O2/c1-5-21-19(26)23-20(13-7-8-14-20)18(25)22-16-9-11-17(12-10-16)24(6-2)15(3)4/h9-12,15H,5-8,13-14H2,1-4H3,(H,22,25)(H2,21,23,26). The Labute approximate surface area is 156 Å². The van der Waals surface area contributed by atoms with Crippen molar-refractivity contribution in [2.24, 2.45) is 0 Å². The van der Waals surface area contributed by atoms with E-state index in [0.29, 0.717) is 25.4 Å². The van der Waals surface area contributed by atoms with Crippen molar-refractivity contribution in [1.29, 1.82) is 0 Å². The summed E-state index contributed by atoms with van der Waals surface area (Å²) in [6, 6.07) is 8.04. The first kappa shape index (κ1) is 20.1. The second kappa shape index (κ2) is 8.92. The minimum absolute atomic E-state index is 0.134. The fraction of sp³-hybridized carbons (Fsp3) is 0.600. The average Bonchev–Trinajstić information content (AvgIpc) is 3.06. The summed E-state index contributed by atoms with van der Waals surface area (Å²) in [5.74, 6) is -0.134. The van der Waals surface area contributed by atoms with Gasteiger partial charge in [0.15, 0.2) is 0 Å². The zero-order valence-electron chi connectivity index (χ0n) is 16.4. The number of carbonyl (C=O) groups excluding carboxylic acids is 2. The second-order valence-electron chi connectivity index (χ2n) is 7.15. The number of rotatable bonds is 7. The lowest BCUT2D eigenvalue weighted by molar-refractivity contribution is -0.121. The molecule has 0 saturated heterocycles. The molecule has 6 nitrogen and oxygen atoms in total. The molecule has 2 rings (SSSR count). The Bertz CT molecular complexity index is 607. The largest absolute Gasteiger partial charge is 0.369 e. The van der Waals surface area contributed by atoms with Crippen LogP contribution in [-0.4, -0.2) is 36.6 Å². The third-order valence-corrected chi connectivity index (χ3v) is 5.00. The van der Waals surface area contributed by atoms with Gasteiger partial charge in [-0.05, 0) is 64.8 Å². The molecule has 0 atom stereocenters. The lowest BCUT2D eigenvalue weighted by atomic mass is 9.96. The number of hydrogen-bond acceptors (Lipinski definition) is 3. The molecule has 0 unspecified atom stereocenters. The van der Waals surface area contributed by atoms with Crippen LogP contribution in [0.5, 0.6) is 0 Å². The van der Waals surface area contributed by atoms with E-state index in [2.05, 4.69) is 41.6 Å². The molecule has 1 fully saturated rings. The van der Waals surface area contributed by atoms with Crippen LogP contribution in [0, 0.1) is 0 Å². The van der Waals surface area contributed by atoms with Crippen molar-refractivity contribution >= 4 is 23.3 Å². The lowest BCUT2D eigenvalue weighted by Crippen LogP contribution is -2.57. The van der Waals surface area contributed by atoms with Crippen molar-refractivity contribution in [2.75, 3.05) is 23.3 Å². The van der Waals surface area contributed by atoms with Gasteiger partial charge >= 0.3 is 6.03 Å². The number of nitrogens with one attached hydrogen (secondary N) is 3. The maximum absolute atomic E-state index is 12.9. The second-order valence-corrected chi connectivity index (χ2v) is 7.15. The molecule has 1 aliphatic rings. The van der Waals surface area contributed by atoms with Crippen LogP contribution in [-0.2, 0) is 4.79 Å². The Hall–Kier alpha value is -2.24. The van der Waals surface area contributed by atoms with Gasteiger partial charge in [0.05, 0.1) is 0 Å². The highest BCUT2D eigenvalue weighted by atomic mass is 16.2. The molecular weight excluding hydrogens is 328 g/mol. The van der Waals surface area contributed by atoms with Crippen LogP contribution in [0.1, 0.15) is 53.4 Å². The molecule has 144 valence electrons. The van der Waals surface area contributed by atoms with Gasteiger partial charge in [0.25, 0.3) is 0 Å². The Balaban J connectivity index is 2.08. The number of carbonyl (C=O) groups is 2. The first-order valence-corrected chi connectivity index (χ1v) is 9.66. The summed E-state index contributed by atoms with van der Waals surface area (Å²) >= 11 is 0. The summed E-state index contributed by atoms with van der Waals surface area (Å²) in [6.45, 7) is 9.79. The van der Waals surface area contributed by atoms with E-state index in [4.69, 9.17) is 0 Å². The van der Waals surface area contributed by atoms with Crippen molar-refractivity contribution in [1.82, 2.24) is 10.6 Å². The van der Waals surface area contributed by atoms with E-state index in [-0.39, 0.29) is 11.9 Å². The number of benzene rings is 1. The van der Waals surface area contributed by atoms with E-state index in [0.717, 1.165) is 30.8 Å². The van der Waals surface area contributed by atoms with Gasteiger partial charge in [0, 0.05) is 30.5 Å². The zero-order chi connectivity index (χ0) is 19.2. The minimum Gasteiger partial charge on any atom is -0.369 e. The van der Waals surface area contributed by atoms with Crippen molar-refractivity contribution < 1.29 is 9.59 Å². The van der Waals surface area contributed by atoms with Crippen molar-refractivity contribution in [3.63, 3.8) is 0 Å². The van der Waals surface area contributed by atoms with Crippen LogP contribution in [0.2, 0.25) is 0 Å². The van der Waals surface area contributed by atoms with Gasteiger partial charge in [0.2, 0.25) is 5.91 Å². The van der Waals surface area contributed by atoms with Crippen molar-refractivity contribution in [3.8, 4) is 0 Å². The molecule has 0 heterocycles. The summed E-state index contributed by atoms with van der Waals surface area (Å²) in [7, 11) is 0. The van der Waals surface area contributed by atoms with Crippen LogP contribution in [0.3, 0.4) is 0 Å². The summed E-state index contributed by atoms with van der Waals surface area (Å²) in [6.07, 6.45) is 3.23. The minimum atomic E-state index is -0.814. The molecule has 0 aliphatic heterocycles. The Kier molecular flexibility index (Phi) is 6.89. The van der Waals surface area contributed by atoms with E-state index in [1.54, 1.807) is 0 Å². The van der Waals surface area contributed by atoms with E-state index >= 15 is 0 Å². The van der Waals surface area contributed by atoms with Crippen LogP contribution in [0.4, 0.5) is 16.2 Å². The van der Waals surface area contributed by atoms with E-state index in [1.165, 1.54) is 0 Å². The van der Waals surface area contributed by atoms with Gasteiger partial charge < -0.3 is 20.9 Å². The summed E-state index contributed by atoms with van der Waals surface area (Å²) in [5.41, 5.74) is 1.07. The number of anilines is 2. The topological polar surface area (TPSA) is 73.5 Å². The summed E-state index contributed by atoms with van der Waals surface area (Å²) in [4.78, 5) is 27.2. The Morgan fingerprint density at radius 3 is 2.23 bits per heavy atom. The SMILES string of the molecule is CCNC(=O)NC1(C(=O)Nc2ccc(N(CC)C(C)C)cc2)CCCC1. The van der Waals surface area contributed by atoms with Gasteiger partial charge in [-0.3, -0.25) is 4.79 Å². The predicted octanol–water partition coefficient (Wildman–Crippen LogP) is 3.49. The normalized spacial score (nSPS) is 15.6. The Morgan fingerprint density at radius 1 is 1.12 bits per heavy atom. The molecule has 0 radical (unpaired) electrons. The van der Waals surface area contributed by atoms with E-state index < -0.39 is 5.54 Å². The smallest absolute Gasteiger partial charge is 0.315 e. The molecule has 1 saturated carbocycles. The van der Waals surface area contributed by atoms with Gasteiger partial charge in [-0.15, -0.1) is 0 Å².